The zero-order valence-corrected chi connectivity index (χ0v) is 14.5. The van der Waals surface area contributed by atoms with E-state index in [1.807, 2.05) is 0 Å². The molecule has 0 radical (unpaired) electrons. The normalized spacial score (nSPS) is 17.2. The highest BCUT2D eigenvalue weighted by molar-refractivity contribution is 7.90. The summed E-state index contributed by atoms with van der Waals surface area (Å²) in [6, 6.07) is 4.40. The van der Waals surface area contributed by atoms with Gasteiger partial charge < -0.3 is 15.2 Å². The maximum Gasteiger partial charge on any atom is 0.311 e. The second-order valence-electron chi connectivity index (χ2n) is 6.13. The van der Waals surface area contributed by atoms with Crippen LogP contribution in [0.2, 0.25) is 0 Å². The monoisotopic (exact) mass is 355 g/mol. The molecule has 24 heavy (non-hydrogen) atoms. The summed E-state index contributed by atoms with van der Waals surface area (Å²) in [5, 5.41) is 12.1. The van der Waals surface area contributed by atoms with E-state index in [1.54, 1.807) is 13.0 Å². The number of ether oxygens (including phenoxy) is 1. The molecule has 0 saturated carbocycles. The molecular formula is C16H21NO6S. The number of carbonyl (C=O) groups excluding carboxylic acids is 1. The first kappa shape index (κ1) is 18.4. The maximum absolute atomic E-state index is 12.3. The summed E-state index contributed by atoms with van der Waals surface area (Å²) in [6.45, 7) is 2.31. The van der Waals surface area contributed by atoms with Crippen LogP contribution in [0.25, 0.3) is 0 Å². The van der Waals surface area contributed by atoms with Crippen molar-refractivity contribution in [2.45, 2.75) is 24.7 Å². The molecule has 1 heterocycles. The van der Waals surface area contributed by atoms with Crippen LogP contribution in [0.15, 0.2) is 23.1 Å². The van der Waals surface area contributed by atoms with E-state index in [0.717, 1.165) is 6.26 Å². The highest BCUT2D eigenvalue weighted by Crippen LogP contribution is 2.30. The Morgan fingerprint density at radius 1 is 1.29 bits per heavy atom. The molecule has 8 heteroatoms. The summed E-state index contributed by atoms with van der Waals surface area (Å²) in [6.07, 6.45) is 1.73. The van der Waals surface area contributed by atoms with Gasteiger partial charge in [0.15, 0.2) is 9.84 Å². The van der Waals surface area contributed by atoms with Gasteiger partial charge in [-0.1, -0.05) is 6.07 Å². The molecule has 1 aliphatic heterocycles. The first-order chi connectivity index (χ1) is 11.2. The van der Waals surface area contributed by atoms with E-state index in [0.29, 0.717) is 31.6 Å². The molecule has 1 saturated heterocycles. The summed E-state index contributed by atoms with van der Waals surface area (Å²) < 4.78 is 28.7. The zero-order chi connectivity index (χ0) is 18.0. The van der Waals surface area contributed by atoms with Gasteiger partial charge in [0.1, 0.15) is 0 Å². The fourth-order valence-electron chi connectivity index (χ4n) is 2.72. The molecule has 7 nitrogen and oxygen atoms in total. The third-order valence-electron chi connectivity index (χ3n) is 4.34. The summed E-state index contributed by atoms with van der Waals surface area (Å²) in [5.74, 6) is -1.46. The van der Waals surface area contributed by atoms with Crippen molar-refractivity contribution >= 4 is 21.7 Å². The number of hydrogen-bond acceptors (Lipinski definition) is 5. The van der Waals surface area contributed by atoms with Crippen molar-refractivity contribution in [3.63, 3.8) is 0 Å². The van der Waals surface area contributed by atoms with Gasteiger partial charge in [-0.05, 0) is 37.5 Å². The van der Waals surface area contributed by atoms with Crippen LogP contribution in [0.1, 0.15) is 28.8 Å². The van der Waals surface area contributed by atoms with E-state index >= 15 is 0 Å². The molecule has 1 fully saturated rings. The molecule has 0 aromatic heterocycles. The summed E-state index contributed by atoms with van der Waals surface area (Å²) >= 11 is 0. The number of aryl methyl sites for hydroxylation is 1. The highest BCUT2D eigenvalue weighted by atomic mass is 32.2. The first-order valence-electron chi connectivity index (χ1n) is 7.56. The zero-order valence-electron chi connectivity index (χ0n) is 13.7. The maximum atomic E-state index is 12.3. The number of carboxylic acids is 1. The third-order valence-corrected chi connectivity index (χ3v) is 5.58. The van der Waals surface area contributed by atoms with Crippen molar-refractivity contribution in [2.75, 3.05) is 26.0 Å². The minimum Gasteiger partial charge on any atom is -0.481 e. The van der Waals surface area contributed by atoms with E-state index in [9.17, 15) is 23.1 Å². The smallest absolute Gasteiger partial charge is 0.311 e. The van der Waals surface area contributed by atoms with Crippen LogP contribution in [-0.4, -0.2) is 51.4 Å². The van der Waals surface area contributed by atoms with E-state index in [4.69, 9.17) is 4.74 Å². The van der Waals surface area contributed by atoms with Crippen LogP contribution in [0, 0.1) is 12.3 Å². The Balaban J connectivity index is 2.17. The van der Waals surface area contributed by atoms with Crippen molar-refractivity contribution in [1.29, 1.82) is 0 Å². The van der Waals surface area contributed by atoms with Gasteiger partial charge >= 0.3 is 5.97 Å². The molecule has 0 bridgehead atoms. The molecule has 2 rings (SSSR count). The lowest BCUT2D eigenvalue weighted by Crippen LogP contribution is -2.46. The number of benzene rings is 1. The molecule has 1 aromatic carbocycles. The SMILES string of the molecule is Cc1ccc(C(=O)NCC2(C(=O)O)CCOCC2)cc1S(C)(=O)=O. The predicted molar refractivity (Wildman–Crippen MR) is 86.7 cm³/mol. The second kappa shape index (κ2) is 6.90. The van der Waals surface area contributed by atoms with Crippen molar-refractivity contribution in [3.8, 4) is 0 Å². The third kappa shape index (κ3) is 3.93. The molecule has 132 valence electrons. The fourth-order valence-corrected chi connectivity index (χ4v) is 3.71. The lowest BCUT2D eigenvalue weighted by atomic mass is 9.80. The molecule has 1 amide bonds. The predicted octanol–water partition coefficient (Wildman–Crippen LogP) is 1.01. The quantitative estimate of drug-likeness (QED) is 0.816. The Labute approximate surface area is 140 Å². The van der Waals surface area contributed by atoms with Gasteiger partial charge in [-0.3, -0.25) is 9.59 Å². The highest BCUT2D eigenvalue weighted by Gasteiger charge is 2.40. The Hall–Kier alpha value is -1.93. The number of carbonyl (C=O) groups is 2. The van der Waals surface area contributed by atoms with Crippen LogP contribution in [0.3, 0.4) is 0 Å². The number of aliphatic carboxylic acids is 1. The number of sulfone groups is 1. The number of amides is 1. The average molecular weight is 355 g/mol. The van der Waals surface area contributed by atoms with Gasteiger partial charge in [-0.2, -0.15) is 0 Å². The minimum atomic E-state index is -3.44. The molecule has 0 atom stereocenters. The summed E-state index contributed by atoms with van der Waals surface area (Å²) in [7, 11) is -3.44. The van der Waals surface area contributed by atoms with Gasteiger partial charge in [0, 0.05) is 31.6 Å². The van der Waals surface area contributed by atoms with E-state index in [1.165, 1.54) is 12.1 Å². The standard InChI is InChI=1S/C16H21NO6S/c1-11-3-4-12(9-13(11)24(2,21)22)14(18)17-10-16(15(19)20)5-7-23-8-6-16/h3-4,9H,5-8,10H2,1-2H3,(H,17,18)(H,19,20). The van der Waals surface area contributed by atoms with Crippen LogP contribution in [0.4, 0.5) is 0 Å². The number of carboxylic acid groups (broad SMARTS) is 1. The van der Waals surface area contributed by atoms with Crippen LogP contribution in [0.5, 0.6) is 0 Å². The van der Waals surface area contributed by atoms with Gasteiger partial charge in [-0.15, -0.1) is 0 Å². The number of hydrogen-bond donors (Lipinski definition) is 2. The van der Waals surface area contributed by atoms with E-state index in [-0.39, 0.29) is 17.0 Å². The molecule has 0 unspecified atom stereocenters. The van der Waals surface area contributed by atoms with Crippen molar-refractivity contribution in [3.05, 3.63) is 29.3 Å². The largest absolute Gasteiger partial charge is 0.481 e. The number of nitrogens with one attached hydrogen (secondary N) is 1. The van der Waals surface area contributed by atoms with Gasteiger partial charge in [0.25, 0.3) is 5.91 Å². The van der Waals surface area contributed by atoms with Crippen LogP contribution < -0.4 is 5.32 Å². The fraction of sp³-hybridized carbons (Fsp3) is 0.500. The summed E-state index contributed by atoms with van der Waals surface area (Å²) in [4.78, 5) is 24.0. The Morgan fingerprint density at radius 2 is 1.92 bits per heavy atom. The lowest BCUT2D eigenvalue weighted by molar-refractivity contribution is -0.154. The van der Waals surface area contributed by atoms with Gasteiger partial charge in [0.2, 0.25) is 0 Å². The average Bonchev–Trinajstić information content (AvgIpc) is 2.52. The van der Waals surface area contributed by atoms with Crippen molar-refractivity contribution in [1.82, 2.24) is 5.32 Å². The topological polar surface area (TPSA) is 110 Å². The first-order valence-corrected chi connectivity index (χ1v) is 9.45. The lowest BCUT2D eigenvalue weighted by Gasteiger charge is -2.33. The van der Waals surface area contributed by atoms with Gasteiger partial charge in [0.05, 0.1) is 10.3 Å². The van der Waals surface area contributed by atoms with Crippen LogP contribution in [-0.2, 0) is 19.4 Å². The summed E-state index contributed by atoms with van der Waals surface area (Å²) in [5.41, 5.74) is -0.299. The van der Waals surface area contributed by atoms with E-state index in [2.05, 4.69) is 5.32 Å². The second-order valence-corrected chi connectivity index (χ2v) is 8.12. The Morgan fingerprint density at radius 3 is 2.46 bits per heavy atom. The molecule has 0 aliphatic carbocycles. The minimum absolute atomic E-state index is 0.0212. The molecule has 2 N–H and O–H groups in total. The van der Waals surface area contributed by atoms with Crippen LogP contribution >= 0.6 is 0 Å². The van der Waals surface area contributed by atoms with Gasteiger partial charge in [-0.25, -0.2) is 8.42 Å². The Bertz CT molecular complexity index is 750. The molecule has 1 aliphatic rings. The Kier molecular flexibility index (Phi) is 5.29. The number of rotatable bonds is 5. The van der Waals surface area contributed by atoms with Crippen molar-refractivity contribution < 1.29 is 27.9 Å². The molecular weight excluding hydrogens is 334 g/mol. The molecule has 0 spiro atoms. The molecule has 1 aromatic rings. The van der Waals surface area contributed by atoms with Crippen molar-refractivity contribution in [2.24, 2.45) is 5.41 Å². The van der Waals surface area contributed by atoms with E-state index < -0.39 is 27.1 Å².